The van der Waals surface area contributed by atoms with Crippen molar-refractivity contribution in [1.29, 1.82) is 0 Å². The molecule has 136 valence electrons. The van der Waals surface area contributed by atoms with Gasteiger partial charge in [0.1, 0.15) is 0 Å². The summed E-state index contributed by atoms with van der Waals surface area (Å²) in [5.74, 6) is 0. The summed E-state index contributed by atoms with van der Waals surface area (Å²) in [6, 6.07) is 36.8. The van der Waals surface area contributed by atoms with E-state index < -0.39 is 0 Å². The van der Waals surface area contributed by atoms with Crippen LogP contribution in [-0.2, 0) is 0 Å². The molecule has 0 saturated carbocycles. The molecule has 0 amide bonds. The Morgan fingerprint density at radius 2 is 1.03 bits per heavy atom. The fourth-order valence-corrected chi connectivity index (χ4v) is 4.69. The van der Waals surface area contributed by atoms with E-state index in [1.165, 1.54) is 48.7 Å². The number of benzene rings is 6. The molecule has 0 unspecified atom stereocenters. The predicted molar refractivity (Wildman–Crippen MR) is 127 cm³/mol. The summed E-state index contributed by atoms with van der Waals surface area (Å²) >= 11 is 6.21. The van der Waals surface area contributed by atoms with Crippen LogP contribution in [0.25, 0.3) is 54.2 Å². The third-order valence-electron chi connectivity index (χ3n) is 5.86. The number of hydrogen-bond donors (Lipinski definition) is 0. The zero-order valence-corrected chi connectivity index (χ0v) is 16.4. The van der Waals surface area contributed by atoms with Crippen LogP contribution in [0.3, 0.4) is 0 Å². The number of rotatable bonds is 1. The summed E-state index contributed by atoms with van der Waals surface area (Å²) < 4.78 is 0. The maximum atomic E-state index is 6.21. The molecule has 0 aliphatic rings. The Kier molecular flexibility index (Phi) is 3.62. The Hall–Kier alpha value is -3.35. The van der Waals surface area contributed by atoms with E-state index in [0.717, 1.165) is 10.6 Å². The van der Waals surface area contributed by atoms with Crippen LogP contribution in [0.1, 0.15) is 0 Å². The normalized spacial score (nSPS) is 11.6. The molecular weight excluding hydrogens is 372 g/mol. The van der Waals surface area contributed by atoms with E-state index in [-0.39, 0.29) is 0 Å². The van der Waals surface area contributed by atoms with Crippen molar-refractivity contribution in [2.75, 3.05) is 0 Å². The average molecular weight is 389 g/mol. The maximum Gasteiger partial charge on any atom is 0.0412 e. The molecule has 0 atom stereocenters. The molecule has 0 aliphatic heterocycles. The smallest absolute Gasteiger partial charge is 0.0412 e. The number of hydrogen-bond acceptors (Lipinski definition) is 0. The molecule has 0 heterocycles. The quantitative estimate of drug-likeness (QED) is 0.247. The molecule has 0 spiro atoms. The van der Waals surface area contributed by atoms with Crippen molar-refractivity contribution in [1.82, 2.24) is 0 Å². The number of fused-ring (bicyclic) bond motifs is 7. The van der Waals surface area contributed by atoms with Crippen LogP contribution < -0.4 is 0 Å². The van der Waals surface area contributed by atoms with Gasteiger partial charge in [-0.3, -0.25) is 0 Å². The second kappa shape index (κ2) is 6.34. The molecule has 1 heteroatoms. The molecule has 0 bridgehead atoms. The summed E-state index contributed by atoms with van der Waals surface area (Å²) in [5.41, 5.74) is 2.33. The Morgan fingerprint density at radius 3 is 1.79 bits per heavy atom. The van der Waals surface area contributed by atoms with Gasteiger partial charge >= 0.3 is 0 Å². The summed E-state index contributed by atoms with van der Waals surface area (Å²) in [6.07, 6.45) is 0. The molecule has 0 nitrogen and oxygen atoms in total. The van der Waals surface area contributed by atoms with Gasteiger partial charge in [-0.2, -0.15) is 0 Å². The Bertz CT molecular complexity index is 1550. The van der Waals surface area contributed by atoms with Crippen molar-refractivity contribution in [3.63, 3.8) is 0 Å². The van der Waals surface area contributed by atoms with Crippen molar-refractivity contribution < 1.29 is 0 Å². The van der Waals surface area contributed by atoms with Gasteiger partial charge in [-0.15, -0.1) is 0 Å². The van der Waals surface area contributed by atoms with E-state index in [2.05, 4.69) is 84.9 Å². The molecule has 0 radical (unpaired) electrons. The van der Waals surface area contributed by atoms with Gasteiger partial charge in [0.25, 0.3) is 0 Å². The average Bonchev–Trinajstić information content (AvgIpc) is 2.78. The first-order valence-corrected chi connectivity index (χ1v) is 10.2. The monoisotopic (exact) mass is 388 g/mol. The minimum atomic E-state index is 0.763. The Balaban J connectivity index is 1.74. The lowest BCUT2D eigenvalue weighted by atomic mass is 9.92. The van der Waals surface area contributed by atoms with Gasteiger partial charge in [-0.05, 0) is 72.4 Å². The Morgan fingerprint density at radius 1 is 0.414 bits per heavy atom. The highest BCUT2D eigenvalue weighted by molar-refractivity contribution is 6.31. The molecule has 0 aliphatic carbocycles. The van der Waals surface area contributed by atoms with E-state index in [0.29, 0.717) is 0 Å². The molecule has 29 heavy (non-hydrogen) atoms. The molecule has 6 rings (SSSR count). The van der Waals surface area contributed by atoms with Crippen molar-refractivity contribution in [2.24, 2.45) is 0 Å². The third kappa shape index (κ3) is 2.61. The summed E-state index contributed by atoms with van der Waals surface area (Å²) in [7, 11) is 0. The van der Waals surface area contributed by atoms with Crippen molar-refractivity contribution in [3.8, 4) is 11.1 Å². The largest absolute Gasteiger partial charge is 0.0843 e. The van der Waals surface area contributed by atoms with Gasteiger partial charge in [0.05, 0.1) is 0 Å². The fourth-order valence-electron chi connectivity index (χ4n) is 4.50. The third-order valence-corrected chi connectivity index (χ3v) is 6.10. The first-order valence-electron chi connectivity index (χ1n) is 9.81. The highest BCUT2D eigenvalue weighted by Gasteiger charge is 2.09. The minimum absolute atomic E-state index is 0.763. The first-order chi connectivity index (χ1) is 14.3. The van der Waals surface area contributed by atoms with Gasteiger partial charge in [0, 0.05) is 5.02 Å². The van der Waals surface area contributed by atoms with Gasteiger partial charge in [-0.1, -0.05) is 96.5 Å². The SMILES string of the molecule is Clc1cccc(-c2ccc3c(ccc4ccc5ccc6ccccc6c5c43)c2)c1. The van der Waals surface area contributed by atoms with Gasteiger partial charge in [0.2, 0.25) is 0 Å². The number of halogens is 1. The molecular formula is C28H17Cl. The molecule has 0 aromatic heterocycles. The van der Waals surface area contributed by atoms with Gasteiger partial charge in [-0.25, -0.2) is 0 Å². The van der Waals surface area contributed by atoms with Crippen LogP contribution in [-0.4, -0.2) is 0 Å². The lowest BCUT2D eigenvalue weighted by Gasteiger charge is -2.12. The Labute approximate surface area is 174 Å². The van der Waals surface area contributed by atoms with Crippen molar-refractivity contribution in [3.05, 3.63) is 108 Å². The topological polar surface area (TPSA) is 0 Å². The molecule has 0 N–H and O–H groups in total. The standard InChI is InChI=1S/C28H17Cl/c29-24-6-3-5-21(17-24)22-14-15-26-23(16-22)13-12-20-11-10-19-9-8-18-4-1-2-7-25(18)27(19)28(20)26/h1-17H. The van der Waals surface area contributed by atoms with Crippen LogP contribution in [0, 0.1) is 0 Å². The lowest BCUT2D eigenvalue weighted by Crippen LogP contribution is -1.85. The predicted octanol–water partition coefficient (Wildman–Crippen LogP) is 8.62. The molecule has 0 fully saturated rings. The summed E-state index contributed by atoms with van der Waals surface area (Å²) in [5, 5.41) is 11.1. The van der Waals surface area contributed by atoms with Gasteiger partial charge < -0.3 is 0 Å². The first kappa shape index (κ1) is 16.6. The van der Waals surface area contributed by atoms with E-state index >= 15 is 0 Å². The van der Waals surface area contributed by atoms with Crippen LogP contribution in [0.5, 0.6) is 0 Å². The van der Waals surface area contributed by atoms with Crippen LogP contribution in [0.4, 0.5) is 0 Å². The highest BCUT2D eigenvalue weighted by Crippen LogP contribution is 2.37. The van der Waals surface area contributed by atoms with E-state index in [9.17, 15) is 0 Å². The maximum absolute atomic E-state index is 6.21. The zero-order valence-electron chi connectivity index (χ0n) is 15.7. The van der Waals surface area contributed by atoms with E-state index in [1.807, 2.05) is 18.2 Å². The fraction of sp³-hybridized carbons (Fsp3) is 0. The van der Waals surface area contributed by atoms with E-state index in [4.69, 9.17) is 11.6 Å². The molecule has 6 aromatic rings. The van der Waals surface area contributed by atoms with Crippen LogP contribution >= 0.6 is 11.6 Å². The molecule has 6 aromatic carbocycles. The summed E-state index contributed by atoms with van der Waals surface area (Å²) in [6.45, 7) is 0. The van der Waals surface area contributed by atoms with Crippen molar-refractivity contribution in [2.45, 2.75) is 0 Å². The van der Waals surface area contributed by atoms with Crippen LogP contribution in [0.15, 0.2) is 103 Å². The van der Waals surface area contributed by atoms with Gasteiger partial charge in [0.15, 0.2) is 0 Å². The summed E-state index contributed by atoms with van der Waals surface area (Å²) in [4.78, 5) is 0. The highest BCUT2D eigenvalue weighted by atomic mass is 35.5. The second-order valence-corrected chi connectivity index (χ2v) is 8.00. The van der Waals surface area contributed by atoms with Crippen LogP contribution in [0.2, 0.25) is 5.02 Å². The zero-order chi connectivity index (χ0) is 19.4. The lowest BCUT2D eigenvalue weighted by molar-refractivity contribution is 1.65. The second-order valence-electron chi connectivity index (χ2n) is 7.56. The minimum Gasteiger partial charge on any atom is -0.0843 e. The van der Waals surface area contributed by atoms with E-state index in [1.54, 1.807) is 0 Å². The van der Waals surface area contributed by atoms with Crippen molar-refractivity contribution >= 4 is 54.7 Å². The molecule has 0 saturated heterocycles.